The number of benzene rings is 1. The third-order valence-electron chi connectivity index (χ3n) is 1.44. The molecule has 0 atom stereocenters. The molecule has 1 nitrogen and oxygen atoms in total. The molecule has 0 unspecified atom stereocenters. The SMILES string of the molecule is O=C(c1ccc(Cl)c(F)c1)C(F)(F)Cl. The van der Waals surface area contributed by atoms with Crippen LogP contribution in [0.25, 0.3) is 0 Å². The average molecular weight is 243 g/mol. The van der Waals surface area contributed by atoms with E-state index in [1.54, 1.807) is 0 Å². The van der Waals surface area contributed by atoms with Crippen molar-refractivity contribution in [3.8, 4) is 0 Å². The molecule has 1 aromatic carbocycles. The van der Waals surface area contributed by atoms with Crippen LogP contribution in [-0.2, 0) is 0 Å². The summed E-state index contributed by atoms with van der Waals surface area (Å²) >= 11 is 9.76. The number of carbonyl (C=O) groups excluding carboxylic acids is 1. The summed E-state index contributed by atoms with van der Waals surface area (Å²) in [5.41, 5.74) is -0.521. The van der Waals surface area contributed by atoms with Crippen molar-refractivity contribution in [3.63, 3.8) is 0 Å². The predicted molar refractivity (Wildman–Crippen MR) is 46.5 cm³/mol. The first-order valence-electron chi connectivity index (χ1n) is 3.39. The van der Waals surface area contributed by atoms with Crippen LogP contribution in [0.1, 0.15) is 10.4 Å². The number of Topliss-reactive ketones (excluding diaryl/α,β-unsaturated/α-hetero) is 1. The van der Waals surface area contributed by atoms with Gasteiger partial charge in [0.2, 0.25) is 5.78 Å². The van der Waals surface area contributed by atoms with Gasteiger partial charge in [0.15, 0.2) is 0 Å². The van der Waals surface area contributed by atoms with E-state index in [1.165, 1.54) is 0 Å². The number of rotatable bonds is 2. The van der Waals surface area contributed by atoms with Gasteiger partial charge in [0.25, 0.3) is 0 Å². The van der Waals surface area contributed by atoms with E-state index >= 15 is 0 Å². The molecule has 0 fully saturated rings. The Bertz CT molecular complexity index is 373. The lowest BCUT2D eigenvalue weighted by molar-refractivity contribution is 0.0536. The van der Waals surface area contributed by atoms with Crippen molar-refractivity contribution in [3.05, 3.63) is 34.6 Å². The summed E-state index contributed by atoms with van der Waals surface area (Å²) in [6, 6.07) is 2.59. The molecule has 0 aliphatic rings. The van der Waals surface area contributed by atoms with Gasteiger partial charge >= 0.3 is 5.38 Å². The minimum absolute atomic E-state index is 0.251. The fourth-order valence-corrected chi connectivity index (χ4v) is 1.03. The van der Waals surface area contributed by atoms with Crippen LogP contribution in [-0.4, -0.2) is 11.2 Å². The summed E-state index contributed by atoms with van der Waals surface area (Å²) < 4.78 is 37.3. The lowest BCUT2D eigenvalue weighted by Crippen LogP contribution is -2.21. The van der Waals surface area contributed by atoms with Gasteiger partial charge in [-0.05, 0) is 29.8 Å². The zero-order valence-electron chi connectivity index (χ0n) is 6.53. The fraction of sp³-hybridized carbons (Fsp3) is 0.125. The van der Waals surface area contributed by atoms with Crippen molar-refractivity contribution in [2.45, 2.75) is 5.38 Å². The summed E-state index contributed by atoms with van der Waals surface area (Å²) in [6.07, 6.45) is 0. The minimum Gasteiger partial charge on any atom is -0.286 e. The molecular weight excluding hydrogens is 240 g/mol. The molecular formula is C8H3Cl2F3O. The van der Waals surface area contributed by atoms with E-state index in [2.05, 4.69) is 11.6 Å². The van der Waals surface area contributed by atoms with Crippen molar-refractivity contribution >= 4 is 29.0 Å². The van der Waals surface area contributed by atoms with Gasteiger partial charge in [-0.25, -0.2) is 4.39 Å². The molecule has 76 valence electrons. The Labute approximate surface area is 87.4 Å². The molecule has 0 N–H and O–H groups in total. The maximum atomic E-state index is 12.8. The van der Waals surface area contributed by atoms with Crippen molar-refractivity contribution in [1.82, 2.24) is 0 Å². The number of hydrogen-bond acceptors (Lipinski definition) is 1. The van der Waals surface area contributed by atoms with E-state index in [-0.39, 0.29) is 5.02 Å². The van der Waals surface area contributed by atoms with Gasteiger partial charge in [0.1, 0.15) is 5.82 Å². The highest BCUT2D eigenvalue weighted by Gasteiger charge is 2.36. The molecule has 0 heterocycles. The first-order valence-corrected chi connectivity index (χ1v) is 4.14. The number of ketones is 1. The first kappa shape index (κ1) is 11.3. The van der Waals surface area contributed by atoms with Crippen LogP contribution in [0.3, 0.4) is 0 Å². The quantitative estimate of drug-likeness (QED) is 0.573. The van der Waals surface area contributed by atoms with Crippen LogP contribution in [0.5, 0.6) is 0 Å². The van der Waals surface area contributed by atoms with Gasteiger partial charge in [-0.2, -0.15) is 8.78 Å². The van der Waals surface area contributed by atoms with E-state index < -0.39 is 22.5 Å². The van der Waals surface area contributed by atoms with Crippen LogP contribution in [0.15, 0.2) is 18.2 Å². The summed E-state index contributed by atoms with van der Waals surface area (Å²) in [6.45, 7) is 0. The number of hydrogen-bond donors (Lipinski definition) is 0. The third-order valence-corrected chi connectivity index (χ3v) is 1.92. The molecule has 0 amide bonds. The third kappa shape index (κ3) is 2.39. The predicted octanol–water partition coefficient (Wildman–Crippen LogP) is 3.49. The van der Waals surface area contributed by atoms with Gasteiger partial charge in [0.05, 0.1) is 5.02 Å². The highest BCUT2D eigenvalue weighted by Crippen LogP contribution is 2.26. The molecule has 0 aliphatic carbocycles. The van der Waals surface area contributed by atoms with E-state index in [4.69, 9.17) is 11.6 Å². The van der Waals surface area contributed by atoms with Gasteiger partial charge < -0.3 is 0 Å². The number of halogens is 5. The molecule has 6 heteroatoms. The zero-order valence-corrected chi connectivity index (χ0v) is 8.04. The summed E-state index contributed by atoms with van der Waals surface area (Å²) in [4.78, 5) is 10.8. The van der Waals surface area contributed by atoms with Crippen LogP contribution in [0.2, 0.25) is 5.02 Å². The Morgan fingerprint density at radius 1 is 1.36 bits per heavy atom. The molecule has 0 radical (unpaired) electrons. The fourth-order valence-electron chi connectivity index (χ4n) is 0.801. The van der Waals surface area contributed by atoms with Crippen molar-refractivity contribution in [2.24, 2.45) is 0 Å². The Morgan fingerprint density at radius 3 is 2.36 bits per heavy atom. The van der Waals surface area contributed by atoms with E-state index in [0.29, 0.717) is 6.07 Å². The normalized spacial score (nSPS) is 11.5. The molecule has 0 bridgehead atoms. The molecule has 1 aromatic rings. The second-order valence-electron chi connectivity index (χ2n) is 2.46. The maximum absolute atomic E-state index is 12.8. The van der Waals surface area contributed by atoms with Crippen LogP contribution >= 0.6 is 23.2 Å². The van der Waals surface area contributed by atoms with Crippen molar-refractivity contribution < 1.29 is 18.0 Å². The summed E-state index contributed by atoms with van der Waals surface area (Å²) in [7, 11) is 0. The highest BCUT2D eigenvalue weighted by molar-refractivity contribution is 6.35. The monoisotopic (exact) mass is 242 g/mol. The molecule has 0 spiro atoms. The minimum atomic E-state index is -4.03. The standard InChI is InChI=1S/C8H3Cl2F3O/c9-5-2-1-4(3-6(5)11)7(14)8(10,12)13/h1-3H. The second kappa shape index (κ2) is 3.79. The Morgan fingerprint density at radius 2 is 1.93 bits per heavy atom. The summed E-state index contributed by atoms with van der Waals surface area (Å²) in [5, 5.41) is -4.28. The van der Waals surface area contributed by atoms with E-state index in [9.17, 15) is 18.0 Å². The molecule has 0 saturated heterocycles. The zero-order chi connectivity index (χ0) is 10.9. The molecule has 0 aliphatic heterocycles. The number of carbonyl (C=O) groups is 1. The lowest BCUT2D eigenvalue weighted by atomic mass is 10.1. The Hall–Kier alpha value is -0.740. The van der Waals surface area contributed by atoms with Crippen molar-refractivity contribution in [1.29, 1.82) is 0 Å². The maximum Gasteiger partial charge on any atom is 0.384 e. The molecule has 0 aromatic heterocycles. The smallest absolute Gasteiger partial charge is 0.286 e. The van der Waals surface area contributed by atoms with Crippen LogP contribution in [0.4, 0.5) is 13.2 Å². The first-order chi connectivity index (χ1) is 6.32. The van der Waals surface area contributed by atoms with Gasteiger partial charge in [-0.3, -0.25) is 4.79 Å². The average Bonchev–Trinajstić information content (AvgIpc) is 2.07. The topological polar surface area (TPSA) is 17.1 Å². The number of alkyl halides is 3. The summed E-state index contributed by atoms with van der Waals surface area (Å²) in [5.74, 6) is -2.60. The Kier molecular flexibility index (Phi) is 3.07. The largest absolute Gasteiger partial charge is 0.384 e. The van der Waals surface area contributed by atoms with Gasteiger partial charge in [-0.15, -0.1) is 0 Å². The van der Waals surface area contributed by atoms with Crippen molar-refractivity contribution in [2.75, 3.05) is 0 Å². The second-order valence-corrected chi connectivity index (χ2v) is 3.34. The lowest BCUT2D eigenvalue weighted by Gasteiger charge is -2.06. The van der Waals surface area contributed by atoms with Gasteiger partial charge in [0, 0.05) is 5.56 Å². The Balaban J connectivity index is 3.10. The highest BCUT2D eigenvalue weighted by atomic mass is 35.5. The van der Waals surface area contributed by atoms with Crippen LogP contribution in [0, 0.1) is 5.82 Å². The van der Waals surface area contributed by atoms with E-state index in [1.807, 2.05) is 0 Å². The van der Waals surface area contributed by atoms with E-state index in [0.717, 1.165) is 12.1 Å². The van der Waals surface area contributed by atoms with Crippen LogP contribution < -0.4 is 0 Å². The van der Waals surface area contributed by atoms with Gasteiger partial charge in [-0.1, -0.05) is 11.6 Å². The molecule has 0 saturated carbocycles. The molecule has 1 rings (SSSR count). The molecule has 14 heavy (non-hydrogen) atoms.